The van der Waals surface area contributed by atoms with Gasteiger partial charge in [0.05, 0.1) is 0 Å². The summed E-state index contributed by atoms with van der Waals surface area (Å²) < 4.78 is 5.23. The minimum Gasteiger partial charge on any atom is -0.384 e. The fourth-order valence-corrected chi connectivity index (χ4v) is 2.71. The predicted octanol–water partition coefficient (Wildman–Crippen LogP) is 2.95. The van der Waals surface area contributed by atoms with Crippen molar-refractivity contribution in [1.29, 1.82) is 0 Å². The van der Waals surface area contributed by atoms with Crippen molar-refractivity contribution in [3.63, 3.8) is 0 Å². The van der Waals surface area contributed by atoms with Gasteiger partial charge in [-0.2, -0.15) is 0 Å². The van der Waals surface area contributed by atoms with Gasteiger partial charge in [0.15, 0.2) is 0 Å². The van der Waals surface area contributed by atoms with Crippen molar-refractivity contribution < 1.29 is 4.74 Å². The maximum atomic E-state index is 6.09. The highest BCUT2D eigenvalue weighted by molar-refractivity contribution is 6.29. The summed E-state index contributed by atoms with van der Waals surface area (Å²) in [6.45, 7) is 5.03. The molecule has 0 bridgehead atoms. The fraction of sp³-hybridized carbons (Fsp3) is 0.714. The van der Waals surface area contributed by atoms with Crippen LogP contribution in [0.15, 0.2) is 6.07 Å². The minimum absolute atomic E-state index is 0.549. The maximum Gasteiger partial charge on any atom is 0.134 e. The monoisotopic (exact) mass is 283 g/mol. The molecule has 0 saturated carbocycles. The summed E-state index contributed by atoms with van der Waals surface area (Å²) in [4.78, 5) is 11.2. The fourth-order valence-electron chi connectivity index (χ4n) is 2.51. The molecule has 1 saturated heterocycles. The second-order valence-electron chi connectivity index (χ2n) is 5.10. The first-order valence-electron chi connectivity index (χ1n) is 7.00. The van der Waals surface area contributed by atoms with Gasteiger partial charge < -0.3 is 9.64 Å². The summed E-state index contributed by atoms with van der Waals surface area (Å²) in [5.41, 5.74) is 0. The largest absolute Gasteiger partial charge is 0.384 e. The summed E-state index contributed by atoms with van der Waals surface area (Å²) >= 11 is 6.09. The topological polar surface area (TPSA) is 38.2 Å². The Hall–Kier alpha value is -0.870. The maximum absolute atomic E-state index is 6.09. The van der Waals surface area contributed by atoms with Gasteiger partial charge in [-0.1, -0.05) is 18.5 Å². The van der Waals surface area contributed by atoms with Crippen LogP contribution in [0.3, 0.4) is 0 Å². The summed E-state index contributed by atoms with van der Waals surface area (Å²) in [5, 5.41) is 0.549. The van der Waals surface area contributed by atoms with Crippen LogP contribution in [0.5, 0.6) is 0 Å². The van der Waals surface area contributed by atoms with Crippen molar-refractivity contribution in [3.05, 3.63) is 17.0 Å². The van der Waals surface area contributed by atoms with Crippen LogP contribution in [-0.2, 0) is 11.2 Å². The Morgan fingerprint density at radius 2 is 2.11 bits per heavy atom. The second-order valence-corrected chi connectivity index (χ2v) is 5.49. The van der Waals surface area contributed by atoms with Crippen LogP contribution in [0.25, 0.3) is 0 Å². The average Bonchev–Trinajstić information content (AvgIpc) is 2.40. The van der Waals surface area contributed by atoms with E-state index in [0.29, 0.717) is 11.1 Å². The number of aryl methyl sites for hydroxylation is 1. The van der Waals surface area contributed by atoms with Crippen LogP contribution < -0.4 is 4.90 Å². The lowest BCUT2D eigenvalue weighted by Crippen LogP contribution is -2.35. The van der Waals surface area contributed by atoms with Gasteiger partial charge in [0.1, 0.15) is 16.8 Å². The Morgan fingerprint density at radius 3 is 2.74 bits per heavy atom. The first-order valence-corrected chi connectivity index (χ1v) is 7.38. The molecule has 0 amide bonds. The molecule has 0 spiro atoms. The highest BCUT2D eigenvalue weighted by Crippen LogP contribution is 2.23. The van der Waals surface area contributed by atoms with Crippen LogP contribution >= 0.6 is 11.6 Å². The molecule has 0 aromatic carbocycles. The number of hydrogen-bond acceptors (Lipinski definition) is 4. The molecule has 1 aromatic heterocycles. The quantitative estimate of drug-likeness (QED) is 0.779. The highest BCUT2D eigenvalue weighted by Gasteiger charge is 2.20. The zero-order valence-corrected chi connectivity index (χ0v) is 12.5. The van der Waals surface area contributed by atoms with Crippen molar-refractivity contribution in [2.75, 3.05) is 31.7 Å². The van der Waals surface area contributed by atoms with E-state index in [9.17, 15) is 0 Å². The number of piperidine rings is 1. The zero-order valence-electron chi connectivity index (χ0n) is 11.7. The Kier molecular flexibility index (Phi) is 5.40. The molecule has 5 heteroatoms. The molecule has 4 nitrogen and oxygen atoms in total. The molecular formula is C14H22ClN3O. The van der Waals surface area contributed by atoms with Crippen LogP contribution in [0.1, 0.15) is 32.0 Å². The van der Waals surface area contributed by atoms with Crippen molar-refractivity contribution in [2.45, 2.75) is 32.6 Å². The Morgan fingerprint density at radius 1 is 1.37 bits per heavy atom. The summed E-state index contributed by atoms with van der Waals surface area (Å²) in [7, 11) is 1.77. The van der Waals surface area contributed by atoms with Gasteiger partial charge >= 0.3 is 0 Å². The van der Waals surface area contributed by atoms with Crippen molar-refractivity contribution in [3.8, 4) is 0 Å². The van der Waals surface area contributed by atoms with Gasteiger partial charge in [0.2, 0.25) is 0 Å². The molecule has 1 aliphatic heterocycles. The lowest BCUT2D eigenvalue weighted by atomic mass is 9.98. The molecular weight excluding hydrogens is 262 g/mol. The zero-order chi connectivity index (χ0) is 13.7. The Bertz CT molecular complexity index is 406. The summed E-state index contributed by atoms with van der Waals surface area (Å²) in [5.74, 6) is 2.50. The van der Waals surface area contributed by atoms with E-state index in [2.05, 4.69) is 21.8 Å². The number of halogens is 1. The van der Waals surface area contributed by atoms with Gasteiger partial charge in [0.25, 0.3) is 0 Å². The number of rotatable bonds is 5. The summed E-state index contributed by atoms with van der Waals surface area (Å²) in [6, 6.07) is 1.87. The van der Waals surface area contributed by atoms with Crippen molar-refractivity contribution in [2.24, 2.45) is 5.92 Å². The third-order valence-electron chi connectivity index (χ3n) is 3.54. The summed E-state index contributed by atoms with van der Waals surface area (Å²) in [6.07, 6.45) is 4.22. The third kappa shape index (κ3) is 4.05. The van der Waals surface area contributed by atoms with E-state index in [1.807, 2.05) is 6.07 Å². The van der Waals surface area contributed by atoms with Gasteiger partial charge in [-0.3, -0.25) is 0 Å². The van der Waals surface area contributed by atoms with Crippen LogP contribution in [-0.4, -0.2) is 36.8 Å². The average molecular weight is 284 g/mol. The number of anilines is 1. The van der Waals surface area contributed by atoms with Crippen molar-refractivity contribution in [1.82, 2.24) is 9.97 Å². The minimum atomic E-state index is 0.549. The lowest BCUT2D eigenvalue weighted by molar-refractivity contribution is 0.139. The van der Waals surface area contributed by atoms with E-state index in [0.717, 1.165) is 57.0 Å². The van der Waals surface area contributed by atoms with E-state index in [1.54, 1.807) is 7.11 Å². The van der Waals surface area contributed by atoms with Crippen LogP contribution in [0.4, 0.5) is 5.82 Å². The molecule has 106 valence electrons. The molecule has 2 rings (SSSR count). The van der Waals surface area contributed by atoms with Crippen molar-refractivity contribution >= 4 is 17.4 Å². The van der Waals surface area contributed by atoms with Gasteiger partial charge in [-0.25, -0.2) is 9.97 Å². The molecule has 1 aliphatic rings. The van der Waals surface area contributed by atoms with E-state index < -0.39 is 0 Å². The Labute approximate surface area is 120 Å². The SMILES string of the molecule is CCCc1nc(Cl)cc(N2CCC(COC)CC2)n1. The van der Waals surface area contributed by atoms with Gasteiger partial charge in [-0.15, -0.1) is 0 Å². The standard InChI is InChI=1S/C14H22ClN3O/c1-3-4-13-16-12(15)9-14(17-13)18-7-5-11(6-8-18)10-19-2/h9,11H,3-8,10H2,1-2H3. The molecule has 0 aliphatic carbocycles. The number of methoxy groups -OCH3 is 1. The van der Waals surface area contributed by atoms with Crippen LogP contribution in [0, 0.1) is 5.92 Å². The molecule has 1 fully saturated rings. The molecule has 0 radical (unpaired) electrons. The second kappa shape index (κ2) is 7.06. The lowest BCUT2D eigenvalue weighted by Gasteiger charge is -2.32. The first kappa shape index (κ1) is 14.5. The molecule has 1 aromatic rings. The van der Waals surface area contributed by atoms with E-state index >= 15 is 0 Å². The van der Waals surface area contributed by atoms with Crippen LogP contribution in [0.2, 0.25) is 5.15 Å². The number of hydrogen-bond donors (Lipinski definition) is 0. The molecule has 0 atom stereocenters. The van der Waals surface area contributed by atoms with E-state index in [4.69, 9.17) is 16.3 Å². The molecule has 0 unspecified atom stereocenters. The molecule has 2 heterocycles. The smallest absolute Gasteiger partial charge is 0.134 e. The number of ether oxygens (including phenoxy) is 1. The molecule has 0 N–H and O–H groups in total. The van der Waals surface area contributed by atoms with E-state index in [1.165, 1.54) is 0 Å². The molecule has 19 heavy (non-hydrogen) atoms. The van der Waals surface area contributed by atoms with E-state index in [-0.39, 0.29) is 0 Å². The number of nitrogens with zero attached hydrogens (tertiary/aromatic N) is 3. The third-order valence-corrected chi connectivity index (χ3v) is 3.74. The normalized spacial score (nSPS) is 16.9. The predicted molar refractivity (Wildman–Crippen MR) is 77.9 cm³/mol. The van der Waals surface area contributed by atoms with Gasteiger partial charge in [0, 0.05) is 39.3 Å². The first-order chi connectivity index (χ1) is 9.22. The number of aromatic nitrogens is 2. The Balaban J connectivity index is 2.02. The van der Waals surface area contributed by atoms with Gasteiger partial charge in [-0.05, 0) is 25.2 Å². The highest BCUT2D eigenvalue weighted by atomic mass is 35.5.